The lowest BCUT2D eigenvalue weighted by Crippen LogP contribution is -2.56. The van der Waals surface area contributed by atoms with Crippen LogP contribution in [0.4, 0.5) is 0 Å². The molecule has 23 heavy (non-hydrogen) atoms. The van der Waals surface area contributed by atoms with Gasteiger partial charge in [0.1, 0.15) is 5.75 Å². The quantitative estimate of drug-likeness (QED) is 0.902. The minimum Gasteiger partial charge on any atom is -0.508 e. The van der Waals surface area contributed by atoms with Gasteiger partial charge in [-0.3, -0.25) is 4.90 Å². The number of likely N-dealkylation sites (tertiary alicyclic amines) is 1. The summed E-state index contributed by atoms with van der Waals surface area (Å²) < 4.78 is 0. The molecule has 4 rings (SSSR count). The fraction of sp³-hybridized carbons (Fsp3) is 0.429. The highest BCUT2D eigenvalue weighted by Gasteiger charge is 2.46. The van der Waals surface area contributed by atoms with Crippen LogP contribution in [0, 0.1) is 5.92 Å². The Bertz CT molecular complexity index is 711. The standard InChI is InChI=1S/C21H25NO/c1-15-13-22(14-16-6-4-3-5-7-16)18-10-17-8-9-19(23)11-20(17)21(15,2)12-18/h3-9,11,15,18,23H,10,12-14H2,1-2H3/t15?,18?,21-/m0/s1. The topological polar surface area (TPSA) is 23.5 Å². The second-order valence-electron chi connectivity index (χ2n) is 7.64. The number of phenols is 1. The van der Waals surface area contributed by atoms with Crippen LogP contribution in [0.1, 0.15) is 37.0 Å². The molecule has 1 saturated heterocycles. The smallest absolute Gasteiger partial charge is 0.115 e. The lowest BCUT2D eigenvalue weighted by Gasteiger charge is -2.53. The Kier molecular flexibility index (Phi) is 3.46. The number of hydrogen-bond donors (Lipinski definition) is 1. The first-order valence-corrected chi connectivity index (χ1v) is 8.66. The normalized spacial score (nSPS) is 30.0. The Morgan fingerprint density at radius 3 is 2.74 bits per heavy atom. The van der Waals surface area contributed by atoms with Gasteiger partial charge >= 0.3 is 0 Å². The van der Waals surface area contributed by atoms with Gasteiger partial charge in [-0.15, -0.1) is 0 Å². The molecule has 1 aliphatic heterocycles. The summed E-state index contributed by atoms with van der Waals surface area (Å²) in [5.41, 5.74) is 4.39. The number of hydrogen-bond acceptors (Lipinski definition) is 2. The van der Waals surface area contributed by atoms with Crippen molar-refractivity contribution in [2.24, 2.45) is 5.92 Å². The summed E-state index contributed by atoms with van der Waals surface area (Å²) in [5, 5.41) is 9.92. The highest BCUT2D eigenvalue weighted by atomic mass is 16.3. The first-order valence-electron chi connectivity index (χ1n) is 8.66. The first-order chi connectivity index (χ1) is 11.1. The Morgan fingerprint density at radius 2 is 1.96 bits per heavy atom. The van der Waals surface area contributed by atoms with Crippen molar-refractivity contribution in [2.75, 3.05) is 6.54 Å². The van der Waals surface area contributed by atoms with Crippen molar-refractivity contribution in [2.45, 2.75) is 44.7 Å². The van der Waals surface area contributed by atoms with Gasteiger partial charge in [-0.1, -0.05) is 50.2 Å². The van der Waals surface area contributed by atoms with Crippen LogP contribution in [-0.4, -0.2) is 22.6 Å². The summed E-state index contributed by atoms with van der Waals surface area (Å²) in [6.45, 7) is 6.93. The zero-order chi connectivity index (χ0) is 16.0. The van der Waals surface area contributed by atoms with E-state index < -0.39 is 0 Å². The summed E-state index contributed by atoms with van der Waals surface area (Å²) >= 11 is 0. The van der Waals surface area contributed by atoms with E-state index in [4.69, 9.17) is 0 Å². The van der Waals surface area contributed by atoms with Gasteiger partial charge in [-0.25, -0.2) is 0 Å². The van der Waals surface area contributed by atoms with Crippen molar-refractivity contribution in [3.8, 4) is 5.75 Å². The molecule has 0 saturated carbocycles. The number of phenolic OH excluding ortho intramolecular Hbond substituents is 1. The molecule has 1 N–H and O–H groups in total. The average Bonchev–Trinajstić information content (AvgIpc) is 2.54. The van der Waals surface area contributed by atoms with Crippen molar-refractivity contribution in [1.29, 1.82) is 0 Å². The fourth-order valence-corrected chi connectivity index (χ4v) is 4.64. The van der Waals surface area contributed by atoms with Crippen molar-refractivity contribution >= 4 is 0 Å². The molecule has 2 aliphatic rings. The van der Waals surface area contributed by atoms with Gasteiger partial charge in [0.25, 0.3) is 0 Å². The van der Waals surface area contributed by atoms with Gasteiger partial charge in [-0.05, 0) is 53.0 Å². The van der Waals surface area contributed by atoms with E-state index in [-0.39, 0.29) is 5.41 Å². The minimum atomic E-state index is 0.185. The van der Waals surface area contributed by atoms with Crippen LogP contribution >= 0.6 is 0 Å². The van der Waals surface area contributed by atoms with Crippen molar-refractivity contribution in [3.63, 3.8) is 0 Å². The summed E-state index contributed by atoms with van der Waals surface area (Å²) in [5.74, 6) is 0.991. The maximum Gasteiger partial charge on any atom is 0.115 e. The molecule has 2 bridgehead atoms. The molecule has 120 valence electrons. The lowest BCUT2D eigenvalue weighted by molar-refractivity contribution is 0.0377. The molecule has 2 aromatic rings. The Morgan fingerprint density at radius 1 is 1.17 bits per heavy atom. The van der Waals surface area contributed by atoms with Crippen molar-refractivity contribution in [1.82, 2.24) is 4.90 Å². The number of aromatic hydroxyl groups is 1. The molecule has 1 aliphatic carbocycles. The average molecular weight is 307 g/mol. The SMILES string of the molecule is CC1CN(Cc2ccccc2)C2Cc3ccc(O)cc3[C@@]1(C)C2. The van der Waals surface area contributed by atoms with Gasteiger partial charge < -0.3 is 5.11 Å². The van der Waals surface area contributed by atoms with E-state index >= 15 is 0 Å². The van der Waals surface area contributed by atoms with Crippen LogP contribution in [0.25, 0.3) is 0 Å². The second kappa shape index (κ2) is 5.38. The molecule has 0 spiro atoms. The molecule has 2 heteroatoms. The molecule has 2 aromatic carbocycles. The number of nitrogens with zero attached hydrogens (tertiary/aromatic N) is 1. The van der Waals surface area contributed by atoms with Gasteiger partial charge in [-0.2, -0.15) is 0 Å². The summed E-state index contributed by atoms with van der Waals surface area (Å²) in [4.78, 5) is 2.66. The summed E-state index contributed by atoms with van der Waals surface area (Å²) in [6, 6.07) is 17.4. The van der Waals surface area contributed by atoms with E-state index in [1.54, 1.807) is 0 Å². The van der Waals surface area contributed by atoms with Crippen LogP contribution in [-0.2, 0) is 18.4 Å². The molecule has 2 nitrogen and oxygen atoms in total. The van der Waals surface area contributed by atoms with E-state index in [2.05, 4.69) is 55.1 Å². The van der Waals surface area contributed by atoms with Gasteiger partial charge in [0, 0.05) is 19.1 Å². The first kappa shape index (κ1) is 14.8. The van der Waals surface area contributed by atoms with Gasteiger partial charge in [0.05, 0.1) is 0 Å². The van der Waals surface area contributed by atoms with E-state index in [0.29, 0.717) is 17.7 Å². The maximum atomic E-state index is 9.92. The molecular weight excluding hydrogens is 282 g/mol. The van der Waals surface area contributed by atoms with Crippen molar-refractivity contribution < 1.29 is 5.11 Å². The van der Waals surface area contributed by atoms with Crippen LogP contribution in [0.5, 0.6) is 5.75 Å². The van der Waals surface area contributed by atoms with E-state index in [0.717, 1.165) is 19.5 Å². The van der Waals surface area contributed by atoms with Gasteiger partial charge in [0.2, 0.25) is 0 Å². The Labute approximate surface area is 138 Å². The van der Waals surface area contributed by atoms with E-state index in [1.807, 2.05) is 12.1 Å². The molecule has 1 fully saturated rings. The largest absolute Gasteiger partial charge is 0.508 e. The van der Waals surface area contributed by atoms with Crippen LogP contribution in [0.15, 0.2) is 48.5 Å². The van der Waals surface area contributed by atoms with E-state index in [9.17, 15) is 5.11 Å². The van der Waals surface area contributed by atoms with Crippen LogP contribution in [0.2, 0.25) is 0 Å². The Hall–Kier alpha value is -1.80. The third-order valence-corrected chi connectivity index (χ3v) is 6.16. The van der Waals surface area contributed by atoms with Crippen LogP contribution in [0.3, 0.4) is 0 Å². The fourth-order valence-electron chi connectivity index (χ4n) is 4.64. The third-order valence-electron chi connectivity index (χ3n) is 6.16. The monoisotopic (exact) mass is 307 g/mol. The second-order valence-corrected chi connectivity index (χ2v) is 7.64. The molecule has 0 aromatic heterocycles. The molecule has 2 unspecified atom stereocenters. The third kappa shape index (κ3) is 2.46. The number of rotatable bonds is 2. The summed E-state index contributed by atoms with van der Waals surface area (Å²) in [6.07, 6.45) is 2.29. The minimum absolute atomic E-state index is 0.185. The lowest BCUT2D eigenvalue weighted by atomic mass is 9.60. The van der Waals surface area contributed by atoms with Crippen LogP contribution < -0.4 is 0 Å². The number of benzene rings is 2. The number of fused-ring (bicyclic) bond motifs is 4. The maximum absolute atomic E-state index is 9.92. The number of piperidine rings is 1. The highest BCUT2D eigenvalue weighted by Crippen LogP contribution is 2.48. The van der Waals surface area contributed by atoms with Gasteiger partial charge in [0.15, 0.2) is 0 Å². The molecule has 3 atom stereocenters. The molecule has 0 radical (unpaired) electrons. The zero-order valence-electron chi connectivity index (χ0n) is 14.0. The summed E-state index contributed by atoms with van der Waals surface area (Å²) in [7, 11) is 0. The van der Waals surface area contributed by atoms with E-state index in [1.165, 1.54) is 23.1 Å². The Balaban J connectivity index is 1.67. The van der Waals surface area contributed by atoms with Crippen molar-refractivity contribution in [3.05, 3.63) is 65.2 Å². The predicted molar refractivity (Wildman–Crippen MR) is 93.6 cm³/mol. The highest BCUT2D eigenvalue weighted by molar-refractivity contribution is 5.43. The predicted octanol–water partition coefficient (Wildman–Crippen LogP) is 4.12. The zero-order valence-corrected chi connectivity index (χ0v) is 14.0. The molecular formula is C21H25NO. The molecule has 0 amide bonds. The molecule has 1 heterocycles.